The average molecular weight is 477 g/mol. The minimum absolute atomic E-state index is 0. The fourth-order valence-corrected chi connectivity index (χ4v) is 3.06. The minimum Gasteiger partial charge on any atom is -0.468 e. The number of carbonyl (C=O) groups excluding carboxylic acids is 1. The van der Waals surface area contributed by atoms with Crippen molar-refractivity contribution in [1.82, 2.24) is 20.9 Å². The van der Waals surface area contributed by atoms with Crippen molar-refractivity contribution in [3.8, 4) is 0 Å². The van der Waals surface area contributed by atoms with Gasteiger partial charge in [-0.05, 0) is 51.9 Å². The molecule has 2 rings (SSSR count). The fraction of sp³-hybridized carbons (Fsp3) is 0.667. The summed E-state index contributed by atoms with van der Waals surface area (Å²) in [5.74, 6) is 1.55. The minimum atomic E-state index is -0.0710. The Kier molecular flexibility index (Phi) is 11.3. The monoisotopic (exact) mass is 477 g/mol. The summed E-state index contributed by atoms with van der Waals surface area (Å²) >= 11 is 0. The van der Waals surface area contributed by atoms with E-state index in [1.54, 1.807) is 6.26 Å². The molecule has 1 unspecified atom stereocenters. The van der Waals surface area contributed by atoms with Gasteiger partial charge in [-0.3, -0.25) is 9.69 Å². The van der Waals surface area contributed by atoms with Gasteiger partial charge < -0.3 is 20.4 Å². The lowest BCUT2D eigenvalue weighted by Crippen LogP contribution is -2.44. The molecule has 1 aromatic rings. The Morgan fingerprint density at radius 2 is 1.92 bits per heavy atom. The zero-order valence-corrected chi connectivity index (χ0v) is 18.1. The predicted octanol–water partition coefficient (Wildman–Crippen LogP) is 2.12. The molecule has 3 N–H and O–H groups in total. The van der Waals surface area contributed by atoms with Gasteiger partial charge in [-0.2, -0.15) is 0 Å². The quantitative estimate of drug-likeness (QED) is 0.304. The van der Waals surface area contributed by atoms with E-state index in [-0.39, 0.29) is 42.5 Å². The maximum Gasteiger partial charge on any atom is 0.241 e. The van der Waals surface area contributed by atoms with Gasteiger partial charge in [0.2, 0.25) is 5.91 Å². The van der Waals surface area contributed by atoms with Crippen LogP contribution in [-0.4, -0.2) is 56.0 Å². The van der Waals surface area contributed by atoms with E-state index < -0.39 is 0 Å². The Hall–Kier alpha value is -1.29. The van der Waals surface area contributed by atoms with Crippen LogP contribution in [0.25, 0.3) is 0 Å². The molecule has 0 aromatic carbocycles. The molecule has 0 bridgehead atoms. The van der Waals surface area contributed by atoms with Crippen LogP contribution in [0.3, 0.4) is 0 Å². The van der Waals surface area contributed by atoms with Crippen LogP contribution in [0.5, 0.6) is 0 Å². The van der Waals surface area contributed by atoms with Crippen LogP contribution >= 0.6 is 24.0 Å². The second-order valence-corrected chi connectivity index (χ2v) is 6.16. The normalized spacial score (nSPS) is 16.5. The summed E-state index contributed by atoms with van der Waals surface area (Å²) in [4.78, 5) is 18.5. The maximum absolute atomic E-state index is 11.6. The van der Waals surface area contributed by atoms with E-state index in [0.717, 1.165) is 25.4 Å². The molecular formula is C18H32IN5O2. The molecular weight excluding hydrogens is 445 g/mol. The van der Waals surface area contributed by atoms with E-state index >= 15 is 0 Å². The molecule has 1 saturated heterocycles. The van der Waals surface area contributed by atoms with Crippen molar-refractivity contribution < 1.29 is 9.21 Å². The molecule has 1 aromatic heterocycles. The van der Waals surface area contributed by atoms with Gasteiger partial charge in [-0.25, -0.2) is 4.99 Å². The first-order valence-electron chi connectivity index (χ1n) is 9.31. The summed E-state index contributed by atoms with van der Waals surface area (Å²) in [5.41, 5.74) is 0. The molecule has 2 heterocycles. The van der Waals surface area contributed by atoms with Gasteiger partial charge >= 0.3 is 0 Å². The molecule has 1 aliphatic rings. The van der Waals surface area contributed by atoms with Crippen molar-refractivity contribution in [3.63, 3.8) is 0 Å². The van der Waals surface area contributed by atoms with E-state index in [4.69, 9.17) is 4.42 Å². The topological polar surface area (TPSA) is 81.9 Å². The number of amides is 1. The summed E-state index contributed by atoms with van der Waals surface area (Å²) in [6.07, 6.45) is 5.47. The first-order chi connectivity index (χ1) is 12.2. The van der Waals surface area contributed by atoms with Crippen molar-refractivity contribution in [2.45, 2.75) is 39.2 Å². The van der Waals surface area contributed by atoms with Crippen LogP contribution in [0.1, 0.15) is 44.9 Å². The number of piperidine rings is 1. The summed E-state index contributed by atoms with van der Waals surface area (Å²) in [5, 5.41) is 9.31. The lowest BCUT2D eigenvalue weighted by atomic mass is 10.1. The molecule has 1 fully saturated rings. The largest absolute Gasteiger partial charge is 0.468 e. The molecule has 1 aliphatic heterocycles. The number of nitrogens with zero attached hydrogens (tertiary/aromatic N) is 2. The van der Waals surface area contributed by atoms with E-state index in [1.807, 2.05) is 26.0 Å². The zero-order chi connectivity index (χ0) is 17.9. The number of aliphatic imine (C=N–C) groups is 1. The summed E-state index contributed by atoms with van der Waals surface area (Å²) < 4.78 is 5.67. The highest BCUT2D eigenvalue weighted by atomic mass is 127. The SMILES string of the molecule is CCNC(=O)CN=C(NCC)NCC(c1ccco1)N1CCCCC1.I. The molecule has 148 valence electrons. The lowest BCUT2D eigenvalue weighted by Gasteiger charge is -2.33. The summed E-state index contributed by atoms with van der Waals surface area (Å²) in [6.45, 7) is 8.26. The number of hydrogen-bond donors (Lipinski definition) is 3. The Bertz CT molecular complexity index is 530. The second kappa shape index (κ2) is 13.0. The van der Waals surface area contributed by atoms with Crippen LogP contribution in [-0.2, 0) is 4.79 Å². The maximum atomic E-state index is 11.6. The highest BCUT2D eigenvalue weighted by molar-refractivity contribution is 14.0. The van der Waals surface area contributed by atoms with Crippen LogP contribution in [0.2, 0.25) is 0 Å². The number of likely N-dealkylation sites (N-methyl/N-ethyl adjacent to an activating group) is 1. The number of furan rings is 1. The van der Waals surface area contributed by atoms with Crippen molar-refractivity contribution in [1.29, 1.82) is 0 Å². The third-order valence-corrected chi connectivity index (χ3v) is 4.26. The number of hydrogen-bond acceptors (Lipinski definition) is 4. The molecule has 8 heteroatoms. The molecule has 0 spiro atoms. The average Bonchev–Trinajstić information content (AvgIpc) is 3.15. The van der Waals surface area contributed by atoms with E-state index in [1.165, 1.54) is 19.3 Å². The Labute approximate surface area is 173 Å². The molecule has 0 radical (unpaired) electrons. The van der Waals surface area contributed by atoms with Gasteiger partial charge in [-0.1, -0.05) is 6.42 Å². The van der Waals surface area contributed by atoms with Gasteiger partial charge in [0.15, 0.2) is 5.96 Å². The lowest BCUT2D eigenvalue weighted by molar-refractivity contribution is -0.119. The molecule has 0 saturated carbocycles. The summed E-state index contributed by atoms with van der Waals surface area (Å²) in [7, 11) is 0. The van der Waals surface area contributed by atoms with Gasteiger partial charge in [-0.15, -0.1) is 24.0 Å². The smallest absolute Gasteiger partial charge is 0.241 e. The predicted molar refractivity (Wildman–Crippen MR) is 115 cm³/mol. The first kappa shape index (κ1) is 22.8. The number of carbonyl (C=O) groups is 1. The summed E-state index contributed by atoms with van der Waals surface area (Å²) in [6, 6.07) is 4.13. The first-order valence-corrected chi connectivity index (χ1v) is 9.31. The van der Waals surface area contributed by atoms with Gasteiger partial charge in [0, 0.05) is 19.6 Å². The van der Waals surface area contributed by atoms with E-state index in [2.05, 4.69) is 25.8 Å². The standard InChI is InChI=1S/C18H31N5O2.HI/c1-3-19-17(24)14-22-18(20-4-2)21-13-15(16-9-8-12-25-16)23-10-6-5-7-11-23;/h8-9,12,15H,3-7,10-11,13-14H2,1-2H3,(H,19,24)(H2,20,21,22);1H. The molecule has 26 heavy (non-hydrogen) atoms. The molecule has 1 atom stereocenters. The third-order valence-electron chi connectivity index (χ3n) is 4.26. The van der Waals surface area contributed by atoms with Crippen LogP contribution < -0.4 is 16.0 Å². The van der Waals surface area contributed by atoms with E-state index in [9.17, 15) is 4.79 Å². The number of guanidine groups is 1. The number of rotatable bonds is 8. The van der Waals surface area contributed by atoms with Crippen molar-refractivity contribution >= 4 is 35.8 Å². The third kappa shape index (κ3) is 7.53. The van der Waals surface area contributed by atoms with Crippen LogP contribution in [0.4, 0.5) is 0 Å². The van der Waals surface area contributed by atoms with Crippen LogP contribution in [0.15, 0.2) is 27.8 Å². The second-order valence-electron chi connectivity index (χ2n) is 6.16. The Morgan fingerprint density at radius 3 is 2.54 bits per heavy atom. The highest BCUT2D eigenvalue weighted by Crippen LogP contribution is 2.24. The van der Waals surface area contributed by atoms with Gasteiger partial charge in [0.05, 0.1) is 12.3 Å². The van der Waals surface area contributed by atoms with Crippen molar-refractivity contribution in [2.75, 3.05) is 39.3 Å². The fourth-order valence-electron chi connectivity index (χ4n) is 3.06. The molecule has 0 aliphatic carbocycles. The van der Waals surface area contributed by atoms with Gasteiger partial charge in [0.25, 0.3) is 0 Å². The van der Waals surface area contributed by atoms with Gasteiger partial charge in [0.1, 0.15) is 12.3 Å². The number of likely N-dealkylation sites (tertiary alicyclic amines) is 1. The van der Waals surface area contributed by atoms with Crippen molar-refractivity contribution in [2.24, 2.45) is 4.99 Å². The van der Waals surface area contributed by atoms with Crippen LogP contribution in [0, 0.1) is 0 Å². The number of nitrogens with one attached hydrogen (secondary N) is 3. The molecule has 7 nitrogen and oxygen atoms in total. The molecule has 1 amide bonds. The zero-order valence-electron chi connectivity index (χ0n) is 15.8. The van der Waals surface area contributed by atoms with E-state index in [0.29, 0.717) is 19.0 Å². The number of halogens is 1. The Balaban J connectivity index is 0.00000338. The van der Waals surface area contributed by atoms with Crippen molar-refractivity contribution in [3.05, 3.63) is 24.2 Å². The highest BCUT2D eigenvalue weighted by Gasteiger charge is 2.24. The Morgan fingerprint density at radius 1 is 1.19 bits per heavy atom.